The summed E-state index contributed by atoms with van der Waals surface area (Å²) in [5.41, 5.74) is 1.33. The van der Waals surface area contributed by atoms with Crippen LogP contribution >= 0.6 is 0 Å². The number of quaternary nitrogens is 1. The van der Waals surface area contributed by atoms with Crippen LogP contribution in [0.25, 0.3) is 0 Å². The molecule has 2 N–H and O–H groups in total. The minimum Gasteiger partial charge on any atom is -0.595 e. The Morgan fingerprint density at radius 1 is 1.14 bits per heavy atom. The standard InChI is InChI=1S/C16H19NO4/c18-17(19)14-5-2-12(3-6-14)15-20-9-16(10-21-15)8-11-1-4-13(16)7-11/h1-6,11,13,15,17-18H,7-10H2/t11-,13-,15?,16?/m0/s1. The molecule has 3 atom stereocenters. The number of hydrogen-bond acceptors (Lipinski definition) is 4. The van der Waals surface area contributed by atoms with Crippen LogP contribution in [0.5, 0.6) is 0 Å². The first-order chi connectivity index (χ1) is 10.2. The Morgan fingerprint density at radius 2 is 1.86 bits per heavy atom. The lowest BCUT2D eigenvalue weighted by Gasteiger charge is -2.41. The van der Waals surface area contributed by atoms with Gasteiger partial charge in [0.2, 0.25) is 0 Å². The maximum Gasteiger partial charge on any atom is 0.183 e. The molecule has 0 amide bonds. The van der Waals surface area contributed by atoms with Gasteiger partial charge >= 0.3 is 0 Å². The van der Waals surface area contributed by atoms with Gasteiger partial charge in [-0.25, -0.2) is 5.21 Å². The Kier molecular flexibility index (Phi) is 3.13. The van der Waals surface area contributed by atoms with Gasteiger partial charge in [0, 0.05) is 23.1 Å². The van der Waals surface area contributed by atoms with E-state index in [1.807, 2.05) is 0 Å². The van der Waals surface area contributed by atoms with E-state index >= 15 is 0 Å². The highest BCUT2D eigenvalue weighted by Crippen LogP contribution is 2.54. The minimum atomic E-state index is -0.917. The number of ether oxygens (including phenoxy) is 2. The number of nitrogens with one attached hydrogen (secondary N) is 1. The predicted octanol–water partition coefficient (Wildman–Crippen LogP) is 1.72. The van der Waals surface area contributed by atoms with Crippen molar-refractivity contribution < 1.29 is 19.9 Å². The zero-order valence-electron chi connectivity index (χ0n) is 11.7. The molecule has 112 valence electrons. The van der Waals surface area contributed by atoms with E-state index in [2.05, 4.69) is 12.2 Å². The maximum atomic E-state index is 10.9. The fourth-order valence-electron chi connectivity index (χ4n) is 3.93. The topological polar surface area (TPSA) is 66.2 Å². The van der Waals surface area contributed by atoms with Crippen molar-refractivity contribution in [2.75, 3.05) is 13.2 Å². The van der Waals surface area contributed by atoms with Gasteiger partial charge in [-0.1, -0.05) is 12.2 Å². The minimum absolute atomic E-state index is 0.164. The Labute approximate surface area is 123 Å². The number of hydrogen-bond donors (Lipinski definition) is 2. The first kappa shape index (κ1) is 13.4. The molecule has 1 spiro atoms. The second kappa shape index (κ2) is 4.90. The highest BCUT2D eigenvalue weighted by atomic mass is 16.8. The van der Waals surface area contributed by atoms with Crippen LogP contribution in [0.1, 0.15) is 24.7 Å². The van der Waals surface area contributed by atoms with E-state index < -0.39 is 5.23 Å². The van der Waals surface area contributed by atoms with Crippen molar-refractivity contribution in [3.8, 4) is 0 Å². The van der Waals surface area contributed by atoms with Crippen LogP contribution < -0.4 is 5.23 Å². The molecule has 1 unspecified atom stereocenters. The van der Waals surface area contributed by atoms with Crippen LogP contribution in [-0.4, -0.2) is 18.4 Å². The summed E-state index contributed by atoms with van der Waals surface area (Å²) < 4.78 is 11.9. The zero-order chi connectivity index (χ0) is 14.4. The van der Waals surface area contributed by atoms with Crippen LogP contribution in [0.15, 0.2) is 36.4 Å². The molecule has 3 aliphatic rings. The molecule has 4 rings (SSSR count). The second-order valence-electron chi connectivity index (χ2n) is 6.43. The summed E-state index contributed by atoms with van der Waals surface area (Å²) in [5, 5.41) is 18.9. The van der Waals surface area contributed by atoms with E-state index in [1.54, 1.807) is 24.3 Å². The van der Waals surface area contributed by atoms with E-state index in [1.165, 1.54) is 12.8 Å². The quantitative estimate of drug-likeness (QED) is 0.642. The third-order valence-electron chi connectivity index (χ3n) is 5.10. The molecule has 0 aromatic heterocycles. The first-order valence-electron chi connectivity index (χ1n) is 7.41. The molecule has 1 saturated carbocycles. The van der Waals surface area contributed by atoms with Gasteiger partial charge in [-0.05, 0) is 36.8 Å². The van der Waals surface area contributed by atoms with Crippen LogP contribution in [0, 0.1) is 22.5 Å². The van der Waals surface area contributed by atoms with E-state index in [9.17, 15) is 5.21 Å². The molecule has 1 aromatic carbocycles. The van der Waals surface area contributed by atoms with Gasteiger partial charge in [-0.3, -0.25) is 0 Å². The van der Waals surface area contributed by atoms with Crippen LogP contribution in [0.3, 0.4) is 0 Å². The van der Waals surface area contributed by atoms with Crippen molar-refractivity contribution >= 4 is 5.69 Å². The molecule has 5 nitrogen and oxygen atoms in total. The highest BCUT2D eigenvalue weighted by molar-refractivity contribution is 5.33. The van der Waals surface area contributed by atoms with E-state index in [0.717, 1.165) is 18.8 Å². The van der Waals surface area contributed by atoms with Crippen molar-refractivity contribution in [3.05, 3.63) is 47.2 Å². The molecule has 5 heteroatoms. The Morgan fingerprint density at radius 3 is 2.38 bits per heavy atom. The molecule has 1 saturated heterocycles. The van der Waals surface area contributed by atoms with Gasteiger partial charge in [0.1, 0.15) is 0 Å². The van der Waals surface area contributed by atoms with Crippen LogP contribution in [0.2, 0.25) is 0 Å². The zero-order valence-corrected chi connectivity index (χ0v) is 11.7. The Balaban J connectivity index is 1.44. The fraction of sp³-hybridized carbons (Fsp3) is 0.500. The average molecular weight is 289 g/mol. The summed E-state index contributed by atoms with van der Waals surface area (Å²) in [6.07, 6.45) is 6.68. The highest BCUT2D eigenvalue weighted by Gasteiger charge is 2.51. The number of rotatable bonds is 2. The van der Waals surface area contributed by atoms with Crippen molar-refractivity contribution in [2.45, 2.75) is 19.1 Å². The van der Waals surface area contributed by atoms with Crippen molar-refractivity contribution in [3.63, 3.8) is 0 Å². The van der Waals surface area contributed by atoms with Gasteiger partial charge in [-0.15, -0.1) is 0 Å². The normalized spacial score (nSPS) is 39.0. The number of fused-ring (bicyclic) bond motifs is 3. The first-order valence-corrected chi connectivity index (χ1v) is 7.41. The molecule has 1 aliphatic heterocycles. The monoisotopic (exact) mass is 289 g/mol. The molecule has 0 radical (unpaired) electrons. The van der Waals surface area contributed by atoms with E-state index in [0.29, 0.717) is 11.8 Å². The molecule has 1 heterocycles. The number of allylic oxidation sites excluding steroid dienone is 2. The fourth-order valence-corrected chi connectivity index (χ4v) is 3.93. The summed E-state index contributed by atoms with van der Waals surface area (Å²) in [7, 11) is 0. The summed E-state index contributed by atoms with van der Waals surface area (Å²) >= 11 is 0. The summed E-state index contributed by atoms with van der Waals surface area (Å²) in [6.45, 7) is 1.45. The molecule has 2 aliphatic carbocycles. The smallest absolute Gasteiger partial charge is 0.183 e. The van der Waals surface area contributed by atoms with E-state index in [4.69, 9.17) is 14.7 Å². The van der Waals surface area contributed by atoms with Crippen molar-refractivity contribution in [2.24, 2.45) is 17.3 Å². The van der Waals surface area contributed by atoms with Gasteiger partial charge in [0.05, 0.1) is 13.2 Å². The van der Waals surface area contributed by atoms with Crippen LogP contribution in [-0.2, 0) is 9.47 Å². The Bertz CT molecular complexity index is 546. The molecule has 21 heavy (non-hydrogen) atoms. The molecule has 1 aromatic rings. The second-order valence-corrected chi connectivity index (χ2v) is 6.43. The Hall–Kier alpha value is -1.24. The molecule has 2 fully saturated rings. The lowest BCUT2D eigenvalue weighted by Crippen LogP contribution is -2.99. The van der Waals surface area contributed by atoms with Gasteiger partial charge < -0.3 is 14.7 Å². The van der Waals surface area contributed by atoms with Crippen LogP contribution in [0.4, 0.5) is 5.69 Å². The predicted molar refractivity (Wildman–Crippen MR) is 74.7 cm³/mol. The number of benzene rings is 1. The SMILES string of the molecule is [O-][NH+](O)c1ccc(C2OCC3(CO2)C[C@H]2C=C[C@H]3C2)cc1. The van der Waals surface area contributed by atoms with Crippen molar-refractivity contribution in [1.29, 1.82) is 0 Å². The lowest BCUT2D eigenvalue weighted by molar-refractivity contribution is -0.991. The summed E-state index contributed by atoms with van der Waals surface area (Å²) in [6, 6.07) is 6.73. The summed E-state index contributed by atoms with van der Waals surface area (Å²) in [4.78, 5) is 0. The third-order valence-corrected chi connectivity index (χ3v) is 5.10. The van der Waals surface area contributed by atoms with Crippen molar-refractivity contribution in [1.82, 2.24) is 0 Å². The largest absolute Gasteiger partial charge is 0.595 e. The van der Waals surface area contributed by atoms with Gasteiger partial charge in [-0.2, -0.15) is 5.23 Å². The third kappa shape index (κ3) is 2.22. The lowest BCUT2D eigenvalue weighted by atomic mass is 9.76. The van der Waals surface area contributed by atoms with Gasteiger partial charge in [0.25, 0.3) is 0 Å². The molecular weight excluding hydrogens is 270 g/mol. The molecular formula is C16H19NO4. The maximum absolute atomic E-state index is 10.9. The summed E-state index contributed by atoms with van der Waals surface area (Å²) in [5.74, 6) is 1.30. The average Bonchev–Trinajstić information content (AvgIpc) is 3.09. The molecule has 2 bridgehead atoms. The van der Waals surface area contributed by atoms with Gasteiger partial charge in [0.15, 0.2) is 12.0 Å². The van der Waals surface area contributed by atoms with E-state index in [-0.39, 0.29) is 17.4 Å².